The molecule has 162 valence electrons. The van der Waals surface area contributed by atoms with Gasteiger partial charge < -0.3 is 0 Å². The Morgan fingerprint density at radius 1 is 0.933 bits per heavy atom. The normalized spacial score (nSPS) is 13.2. The van der Waals surface area contributed by atoms with E-state index < -0.39 is 44.1 Å². The van der Waals surface area contributed by atoms with Crippen molar-refractivity contribution in [3.63, 3.8) is 0 Å². The summed E-state index contributed by atoms with van der Waals surface area (Å²) in [5.74, 6) is -6.83. The summed E-state index contributed by atoms with van der Waals surface area (Å²) in [6, 6.07) is 8.95. The number of hydrogen-bond acceptors (Lipinski definition) is 3. The molecule has 3 nitrogen and oxygen atoms in total. The molecule has 0 heterocycles. The molecule has 0 spiro atoms. The van der Waals surface area contributed by atoms with Crippen molar-refractivity contribution in [3.8, 4) is 6.07 Å². The lowest BCUT2D eigenvalue weighted by atomic mass is 10.0. The summed E-state index contributed by atoms with van der Waals surface area (Å²) < 4.78 is 117. The van der Waals surface area contributed by atoms with E-state index in [1.165, 1.54) is 30.3 Å². The van der Waals surface area contributed by atoms with Crippen molar-refractivity contribution in [2.24, 2.45) is 0 Å². The van der Waals surface area contributed by atoms with Crippen LogP contribution in [0.1, 0.15) is 16.7 Å². The summed E-state index contributed by atoms with van der Waals surface area (Å²) in [5.41, 5.74) is 0.0674. The van der Waals surface area contributed by atoms with Crippen molar-refractivity contribution >= 4 is 41.7 Å². The molecule has 0 aliphatic carbocycles. The fourth-order valence-corrected chi connectivity index (χ4v) is 5.53. The van der Waals surface area contributed by atoms with E-state index in [9.17, 15) is 39.2 Å². The van der Waals surface area contributed by atoms with Gasteiger partial charge in [-0.05, 0) is 41.8 Å². The molecule has 0 aromatic heterocycles. The topological polar surface area (TPSA) is 57.9 Å². The summed E-state index contributed by atoms with van der Waals surface area (Å²) in [6.07, 6.45) is -7.22. The van der Waals surface area contributed by atoms with Gasteiger partial charge >= 0.3 is 17.4 Å². The fourth-order valence-electron chi connectivity index (χ4n) is 2.36. The highest BCUT2D eigenvalue weighted by Crippen LogP contribution is 2.51. The van der Waals surface area contributed by atoms with E-state index in [4.69, 9.17) is 5.26 Å². The average Bonchev–Trinajstić information content (AvgIpc) is 2.62. The molecular weight excluding hydrogens is 575 g/mol. The van der Waals surface area contributed by atoms with E-state index in [-0.39, 0.29) is 14.5 Å². The van der Waals surface area contributed by atoms with Gasteiger partial charge in [-0.2, -0.15) is 36.0 Å². The van der Waals surface area contributed by atoms with Crippen LogP contribution in [-0.4, -0.2) is 25.8 Å². The van der Waals surface area contributed by atoms with E-state index in [0.29, 0.717) is 11.6 Å². The van der Waals surface area contributed by atoms with Crippen LogP contribution >= 0.6 is 31.9 Å². The van der Waals surface area contributed by atoms with Gasteiger partial charge in [-0.15, -0.1) is 0 Å². The fraction of sp³-hybridized carbons (Fsp3) is 0.235. The Balaban J connectivity index is 2.69. The SMILES string of the molecule is N#Cc1ccc(Cc2c(Br)cc(Br)cc2S(=O)(=O)C(F)(F)C(F)(F)C(F)(F)F)cc1. The van der Waals surface area contributed by atoms with Crippen molar-refractivity contribution in [1.82, 2.24) is 0 Å². The predicted molar refractivity (Wildman–Crippen MR) is 98.9 cm³/mol. The van der Waals surface area contributed by atoms with Crippen LogP contribution in [0.25, 0.3) is 0 Å². The van der Waals surface area contributed by atoms with E-state index >= 15 is 0 Å². The van der Waals surface area contributed by atoms with Gasteiger partial charge in [-0.25, -0.2) is 8.42 Å². The van der Waals surface area contributed by atoms with Crippen LogP contribution in [0.5, 0.6) is 0 Å². The Kier molecular flexibility index (Phi) is 6.67. The Morgan fingerprint density at radius 2 is 1.47 bits per heavy atom. The van der Waals surface area contributed by atoms with Crippen LogP contribution < -0.4 is 0 Å². The third kappa shape index (κ3) is 4.22. The zero-order chi connectivity index (χ0) is 23.1. The first-order valence-electron chi connectivity index (χ1n) is 7.60. The molecule has 2 aromatic carbocycles. The van der Waals surface area contributed by atoms with Gasteiger partial charge in [0.1, 0.15) is 0 Å². The lowest BCUT2D eigenvalue weighted by molar-refractivity contribution is -0.332. The quantitative estimate of drug-likeness (QED) is 0.392. The number of rotatable bonds is 5. The smallest absolute Gasteiger partial charge is 0.217 e. The summed E-state index contributed by atoms with van der Waals surface area (Å²) in [6.45, 7) is 0. The molecular formula is C17H8Br2F7NO2S. The number of benzene rings is 2. The molecule has 0 saturated carbocycles. The molecule has 0 bridgehead atoms. The monoisotopic (exact) mass is 581 g/mol. The van der Waals surface area contributed by atoms with Gasteiger partial charge in [-0.1, -0.05) is 44.0 Å². The maximum absolute atomic E-state index is 14.1. The molecule has 2 aromatic rings. The number of nitriles is 1. The standard InChI is InChI=1S/C17H8Br2F7NO2S/c18-11-6-13(19)12(5-9-1-3-10(8-27)4-2-9)14(7-11)30(28,29)17(25,26)15(20,21)16(22,23)24/h1-4,6-7H,5H2. The zero-order valence-corrected chi connectivity index (χ0v) is 18.2. The first kappa shape index (κ1) is 24.6. The van der Waals surface area contributed by atoms with E-state index in [2.05, 4.69) is 31.9 Å². The summed E-state index contributed by atoms with van der Waals surface area (Å²) in [7, 11) is -6.50. The van der Waals surface area contributed by atoms with Crippen molar-refractivity contribution in [1.29, 1.82) is 5.26 Å². The molecule has 0 N–H and O–H groups in total. The van der Waals surface area contributed by atoms with Crippen LogP contribution in [0.2, 0.25) is 0 Å². The second-order valence-electron chi connectivity index (χ2n) is 5.94. The first-order chi connectivity index (χ1) is 13.6. The van der Waals surface area contributed by atoms with Crippen LogP contribution in [0.15, 0.2) is 50.2 Å². The molecule has 0 amide bonds. The third-order valence-electron chi connectivity index (χ3n) is 3.93. The van der Waals surface area contributed by atoms with Crippen molar-refractivity contribution in [3.05, 3.63) is 62.0 Å². The number of sulfone groups is 1. The van der Waals surface area contributed by atoms with Gasteiger partial charge in [0, 0.05) is 8.95 Å². The molecule has 13 heteroatoms. The van der Waals surface area contributed by atoms with Gasteiger partial charge in [0.05, 0.1) is 16.5 Å². The molecule has 2 rings (SSSR count). The molecule has 0 saturated heterocycles. The molecule has 0 radical (unpaired) electrons. The van der Waals surface area contributed by atoms with Gasteiger partial charge in [-0.3, -0.25) is 0 Å². The average molecular weight is 583 g/mol. The second-order valence-corrected chi connectivity index (χ2v) is 9.67. The van der Waals surface area contributed by atoms with Crippen LogP contribution in [0, 0.1) is 11.3 Å². The lowest BCUT2D eigenvalue weighted by Gasteiger charge is -2.28. The Hall–Kier alpha value is -1.65. The maximum atomic E-state index is 14.1. The predicted octanol–water partition coefficient (Wildman–Crippen LogP) is 6.24. The molecule has 0 atom stereocenters. The Labute approximate surface area is 182 Å². The first-order valence-corrected chi connectivity index (χ1v) is 10.7. The second kappa shape index (κ2) is 8.12. The lowest BCUT2D eigenvalue weighted by Crippen LogP contribution is -2.56. The molecule has 0 unspecified atom stereocenters. The highest BCUT2D eigenvalue weighted by atomic mass is 79.9. The highest BCUT2D eigenvalue weighted by Gasteiger charge is 2.78. The Bertz CT molecular complexity index is 1110. The third-order valence-corrected chi connectivity index (χ3v) is 6.97. The van der Waals surface area contributed by atoms with Crippen LogP contribution in [0.3, 0.4) is 0 Å². The van der Waals surface area contributed by atoms with E-state index in [0.717, 1.165) is 0 Å². The minimum Gasteiger partial charge on any atom is -0.217 e. The molecule has 0 fully saturated rings. The number of halogens is 9. The van der Waals surface area contributed by atoms with Crippen LogP contribution in [0.4, 0.5) is 30.7 Å². The molecule has 0 aliphatic rings. The van der Waals surface area contributed by atoms with E-state index in [1.54, 1.807) is 0 Å². The number of nitrogens with zero attached hydrogens (tertiary/aromatic N) is 1. The number of alkyl halides is 7. The van der Waals surface area contributed by atoms with Crippen molar-refractivity contribution < 1.29 is 39.2 Å². The Morgan fingerprint density at radius 3 is 1.93 bits per heavy atom. The molecule has 0 aliphatic heterocycles. The van der Waals surface area contributed by atoms with Gasteiger partial charge in [0.25, 0.3) is 9.84 Å². The highest BCUT2D eigenvalue weighted by molar-refractivity contribution is 9.11. The molecule has 30 heavy (non-hydrogen) atoms. The minimum atomic E-state index is -6.83. The summed E-state index contributed by atoms with van der Waals surface area (Å²) >= 11 is 5.75. The largest absolute Gasteiger partial charge is 0.461 e. The summed E-state index contributed by atoms with van der Waals surface area (Å²) in [5, 5.41) is 2.31. The van der Waals surface area contributed by atoms with Crippen molar-refractivity contribution in [2.75, 3.05) is 0 Å². The van der Waals surface area contributed by atoms with Gasteiger partial charge in [0.2, 0.25) is 0 Å². The van der Waals surface area contributed by atoms with Crippen molar-refractivity contribution in [2.45, 2.75) is 28.7 Å². The van der Waals surface area contributed by atoms with Crippen LogP contribution in [-0.2, 0) is 16.3 Å². The minimum absolute atomic E-state index is 0.120. The maximum Gasteiger partial charge on any atom is 0.461 e. The van der Waals surface area contributed by atoms with E-state index in [1.807, 2.05) is 6.07 Å². The zero-order valence-electron chi connectivity index (χ0n) is 14.2. The van der Waals surface area contributed by atoms with Gasteiger partial charge in [0.15, 0.2) is 0 Å². The summed E-state index contributed by atoms with van der Waals surface area (Å²) in [4.78, 5) is -1.40. The number of hydrogen-bond donors (Lipinski definition) is 0.